The molecule has 0 aliphatic heterocycles. The van der Waals surface area contributed by atoms with Gasteiger partial charge in [0.05, 0.1) is 6.61 Å². The molecule has 0 aliphatic rings. The van der Waals surface area contributed by atoms with Gasteiger partial charge in [-0.1, -0.05) is 91.0 Å². The van der Waals surface area contributed by atoms with Crippen molar-refractivity contribution >= 4 is 18.0 Å². The van der Waals surface area contributed by atoms with E-state index in [1.54, 1.807) is 31.2 Å². The minimum Gasteiger partial charge on any atom is -0.465 e. The second-order valence-electron chi connectivity index (χ2n) is 6.67. The Morgan fingerprint density at radius 1 is 0.800 bits per heavy atom. The first-order chi connectivity index (χ1) is 14.7. The minimum absolute atomic E-state index is 0.178. The number of rotatable bonds is 8. The predicted molar refractivity (Wildman–Crippen MR) is 117 cm³/mol. The summed E-state index contributed by atoms with van der Waals surface area (Å²) in [7, 11) is 0. The molecule has 0 heterocycles. The molecule has 4 nitrogen and oxygen atoms in total. The molecule has 0 saturated carbocycles. The molecule has 0 radical (unpaired) electrons. The Bertz CT molecular complexity index is 966. The Morgan fingerprint density at radius 3 is 1.97 bits per heavy atom. The van der Waals surface area contributed by atoms with Crippen LogP contribution in [0.3, 0.4) is 0 Å². The molecule has 0 saturated heterocycles. The first-order valence-electron chi connectivity index (χ1n) is 9.90. The predicted octanol–water partition coefficient (Wildman–Crippen LogP) is 5.27. The molecule has 0 aliphatic carbocycles. The number of benzene rings is 3. The average Bonchev–Trinajstić information content (AvgIpc) is 2.78. The van der Waals surface area contributed by atoms with Crippen molar-refractivity contribution < 1.29 is 19.1 Å². The topological polar surface area (TPSA) is 52.6 Å². The van der Waals surface area contributed by atoms with Crippen LogP contribution in [-0.2, 0) is 14.3 Å². The van der Waals surface area contributed by atoms with Crippen LogP contribution in [0, 0.1) is 5.92 Å². The van der Waals surface area contributed by atoms with E-state index in [2.05, 4.69) is 0 Å². The molecule has 152 valence electrons. The molecular weight excluding hydrogens is 376 g/mol. The summed E-state index contributed by atoms with van der Waals surface area (Å²) in [4.78, 5) is 25.9. The normalized spacial score (nSPS) is 12.8. The Kier molecular flexibility index (Phi) is 7.56. The fraction of sp³-hybridized carbons (Fsp3) is 0.154. The fourth-order valence-corrected chi connectivity index (χ4v) is 3.16. The van der Waals surface area contributed by atoms with E-state index in [0.717, 1.165) is 11.1 Å². The summed E-state index contributed by atoms with van der Waals surface area (Å²) in [6.45, 7) is 1.90. The van der Waals surface area contributed by atoms with Gasteiger partial charge in [-0.15, -0.1) is 0 Å². The van der Waals surface area contributed by atoms with Gasteiger partial charge in [-0.3, -0.25) is 9.59 Å². The van der Waals surface area contributed by atoms with Gasteiger partial charge >= 0.3 is 11.9 Å². The standard InChI is InChI=1S/C26H24O4/c1-2-29-25(27)24(26(28)30-22-16-10-5-11-17-22)23(21-14-8-4-9-15-21)19-18-20-12-6-3-7-13-20/h3-19,23-24H,2H2,1H3/b19-18+. The highest BCUT2D eigenvalue weighted by atomic mass is 16.6. The largest absolute Gasteiger partial charge is 0.465 e. The van der Waals surface area contributed by atoms with Gasteiger partial charge in [0, 0.05) is 5.92 Å². The van der Waals surface area contributed by atoms with E-state index in [9.17, 15) is 9.59 Å². The molecule has 0 amide bonds. The van der Waals surface area contributed by atoms with Crippen molar-refractivity contribution in [3.8, 4) is 5.75 Å². The number of carbonyl (C=O) groups excluding carboxylic acids is 2. The SMILES string of the molecule is CCOC(=O)C(C(=O)Oc1ccccc1)C(/C=C/c1ccccc1)c1ccccc1. The van der Waals surface area contributed by atoms with Crippen molar-refractivity contribution in [3.63, 3.8) is 0 Å². The molecule has 0 N–H and O–H groups in total. The van der Waals surface area contributed by atoms with E-state index >= 15 is 0 Å². The van der Waals surface area contributed by atoms with Crippen LogP contribution in [0.15, 0.2) is 97.1 Å². The van der Waals surface area contributed by atoms with Crippen molar-refractivity contribution in [1.29, 1.82) is 0 Å². The van der Waals surface area contributed by atoms with Gasteiger partial charge in [0.15, 0.2) is 5.92 Å². The molecule has 3 aromatic carbocycles. The average molecular weight is 400 g/mol. The zero-order valence-electron chi connectivity index (χ0n) is 16.8. The first-order valence-corrected chi connectivity index (χ1v) is 9.90. The van der Waals surface area contributed by atoms with Crippen LogP contribution >= 0.6 is 0 Å². The number of para-hydroxylation sites is 1. The second kappa shape index (κ2) is 10.8. The smallest absolute Gasteiger partial charge is 0.326 e. The highest BCUT2D eigenvalue weighted by molar-refractivity contribution is 5.97. The zero-order valence-corrected chi connectivity index (χ0v) is 16.8. The molecular formula is C26H24O4. The van der Waals surface area contributed by atoms with E-state index in [1.165, 1.54) is 0 Å². The third-order valence-corrected chi connectivity index (χ3v) is 4.60. The molecule has 0 fully saturated rings. The molecule has 0 spiro atoms. The van der Waals surface area contributed by atoms with E-state index < -0.39 is 23.8 Å². The maximum Gasteiger partial charge on any atom is 0.326 e. The molecule has 0 aromatic heterocycles. The lowest BCUT2D eigenvalue weighted by Crippen LogP contribution is -2.34. The number of carbonyl (C=O) groups is 2. The van der Waals surface area contributed by atoms with Gasteiger partial charge < -0.3 is 9.47 Å². The van der Waals surface area contributed by atoms with E-state index in [0.29, 0.717) is 5.75 Å². The van der Waals surface area contributed by atoms with E-state index in [1.807, 2.05) is 78.9 Å². The summed E-state index contributed by atoms with van der Waals surface area (Å²) in [5.74, 6) is -2.54. The summed E-state index contributed by atoms with van der Waals surface area (Å²) < 4.78 is 10.8. The Balaban J connectivity index is 1.98. The van der Waals surface area contributed by atoms with E-state index in [4.69, 9.17) is 9.47 Å². The minimum atomic E-state index is -1.13. The van der Waals surface area contributed by atoms with Crippen LogP contribution in [0.4, 0.5) is 0 Å². The molecule has 3 aromatic rings. The van der Waals surface area contributed by atoms with Crippen molar-refractivity contribution in [3.05, 3.63) is 108 Å². The van der Waals surface area contributed by atoms with Crippen LogP contribution in [0.1, 0.15) is 24.0 Å². The van der Waals surface area contributed by atoms with Crippen LogP contribution in [0.2, 0.25) is 0 Å². The summed E-state index contributed by atoms with van der Waals surface area (Å²) in [6, 6.07) is 27.9. The van der Waals surface area contributed by atoms with Gasteiger partial charge in [0.2, 0.25) is 0 Å². The van der Waals surface area contributed by atoms with Crippen LogP contribution < -0.4 is 4.74 Å². The number of ether oxygens (including phenoxy) is 2. The molecule has 4 heteroatoms. The van der Waals surface area contributed by atoms with Gasteiger partial charge in [-0.25, -0.2) is 0 Å². The van der Waals surface area contributed by atoms with Gasteiger partial charge in [-0.05, 0) is 30.2 Å². The monoisotopic (exact) mass is 400 g/mol. The summed E-state index contributed by atoms with van der Waals surface area (Å²) in [5.41, 5.74) is 1.80. The lowest BCUT2D eigenvalue weighted by Gasteiger charge is -2.22. The summed E-state index contributed by atoms with van der Waals surface area (Å²) in [5, 5.41) is 0. The fourth-order valence-electron chi connectivity index (χ4n) is 3.16. The van der Waals surface area contributed by atoms with Crippen molar-refractivity contribution in [2.24, 2.45) is 5.92 Å². The summed E-state index contributed by atoms with van der Waals surface area (Å²) >= 11 is 0. The Morgan fingerprint density at radius 2 is 1.37 bits per heavy atom. The van der Waals surface area contributed by atoms with E-state index in [-0.39, 0.29) is 6.61 Å². The third-order valence-electron chi connectivity index (χ3n) is 4.60. The maximum atomic E-state index is 13.1. The summed E-state index contributed by atoms with van der Waals surface area (Å²) in [6.07, 6.45) is 3.76. The Labute approximate surface area is 176 Å². The molecule has 30 heavy (non-hydrogen) atoms. The molecule has 2 atom stereocenters. The van der Waals surface area contributed by atoms with Gasteiger partial charge in [0.1, 0.15) is 5.75 Å². The first kappa shape index (κ1) is 21.1. The number of allylic oxidation sites excluding steroid dienone is 1. The van der Waals surface area contributed by atoms with Crippen molar-refractivity contribution in [2.45, 2.75) is 12.8 Å². The van der Waals surface area contributed by atoms with Crippen molar-refractivity contribution in [2.75, 3.05) is 6.61 Å². The molecule has 3 rings (SSSR count). The second-order valence-corrected chi connectivity index (χ2v) is 6.67. The van der Waals surface area contributed by atoms with Crippen molar-refractivity contribution in [1.82, 2.24) is 0 Å². The van der Waals surface area contributed by atoms with Crippen LogP contribution in [-0.4, -0.2) is 18.5 Å². The third kappa shape index (κ3) is 5.67. The van der Waals surface area contributed by atoms with Crippen LogP contribution in [0.5, 0.6) is 5.75 Å². The van der Waals surface area contributed by atoms with Crippen LogP contribution in [0.25, 0.3) is 6.08 Å². The maximum absolute atomic E-state index is 13.1. The quantitative estimate of drug-likeness (QED) is 0.294. The number of hydrogen-bond acceptors (Lipinski definition) is 4. The lowest BCUT2D eigenvalue weighted by atomic mass is 9.85. The highest BCUT2D eigenvalue weighted by Gasteiger charge is 2.37. The zero-order chi connectivity index (χ0) is 21.2. The van der Waals surface area contributed by atoms with Gasteiger partial charge in [-0.2, -0.15) is 0 Å². The number of hydrogen-bond donors (Lipinski definition) is 0. The van der Waals surface area contributed by atoms with Gasteiger partial charge in [0.25, 0.3) is 0 Å². The number of esters is 2. The molecule has 2 unspecified atom stereocenters. The lowest BCUT2D eigenvalue weighted by molar-refractivity contribution is -0.157. The Hall–Kier alpha value is -3.66. The highest BCUT2D eigenvalue weighted by Crippen LogP contribution is 2.30. The molecule has 0 bridgehead atoms.